The lowest BCUT2D eigenvalue weighted by molar-refractivity contribution is 1.11. The Hall–Kier alpha value is -2.04. The van der Waals surface area contributed by atoms with E-state index in [1.54, 1.807) is 11.3 Å². The molecule has 4 rings (SSSR count). The largest absolute Gasteiger partial charge is 0.369 e. The van der Waals surface area contributed by atoms with E-state index >= 15 is 0 Å². The van der Waals surface area contributed by atoms with Crippen molar-refractivity contribution in [2.45, 2.75) is 0 Å². The Kier molecular flexibility index (Phi) is 2.49. The molecule has 0 radical (unpaired) electrons. The fourth-order valence-electron chi connectivity index (χ4n) is 2.45. The maximum atomic E-state index is 6.18. The Balaban J connectivity index is 2.06. The zero-order valence-corrected chi connectivity index (χ0v) is 11.9. The molecule has 0 unspecified atom stereocenters. The lowest BCUT2D eigenvalue weighted by Gasteiger charge is -2.06. The standard InChI is InChI=1S/C15H10ClN3S/c16-11-2-1-3-12-14(11)18-15(17)19(12)10-4-5-13-9(8-10)6-7-20-13/h1-8H,(H2,17,18). The molecule has 3 nitrogen and oxygen atoms in total. The number of nitrogens with two attached hydrogens (primary N) is 1. The summed E-state index contributed by atoms with van der Waals surface area (Å²) in [4.78, 5) is 4.37. The van der Waals surface area contributed by atoms with Crippen LogP contribution >= 0.6 is 22.9 Å². The van der Waals surface area contributed by atoms with Crippen molar-refractivity contribution >= 4 is 50.0 Å². The van der Waals surface area contributed by atoms with Crippen molar-refractivity contribution in [1.29, 1.82) is 0 Å². The van der Waals surface area contributed by atoms with Crippen molar-refractivity contribution in [1.82, 2.24) is 9.55 Å². The molecule has 0 saturated heterocycles. The summed E-state index contributed by atoms with van der Waals surface area (Å²) in [6.45, 7) is 0. The summed E-state index contributed by atoms with van der Waals surface area (Å²) < 4.78 is 3.19. The van der Waals surface area contributed by atoms with Crippen molar-refractivity contribution in [3.63, 3.8) is 0 Å². The van der Waals surface area contributed by atoms with Gasteiger partial charge in [-0.1, -0.05) is 17.7 Å². The van der Waals surface area contributed by atoms with Gasteiger partial charge in [0.25, 0.3) is 0 Å². The average molecular weight is 300 g/mol. The van der Waals surface area contributed by atoms with Crippen molar-refractivity contribution in [2.24, 2.45) is 0 Å². The second kappa shape index (κ2) is 4.23. The quantitative estimate of drug-likeness (QED) is 0.563. The van der Waals surface area contributed by atoms with Crippen LogP contribution in [0.3, 0.4) is 0 Å². The van der Waals surface area contributed by atoms with E-state index in [0.717, 1.165) is 16.7 Å². The van der Waals surface area contributed by atoms with Gasteiger partial charge < -0.3 is 5.73 Å². The van der Waals surface area contributed by atoms with Gasteiger partial charge in [0.15, 0.2) is 0 Å². The van der Waals surface area contributed by atoms with Crippen LogP contribution < -0.4 is 5.73 Å². The van der Waals surface area contributed by atoms with E-state index in [0.29, 0.717) is 11.0 Å². The summed E-state index contributed by atoms with van der Waals surface area (Å²) >= 11 is 7.90. The smallest absolute Gasteiger partial charge is 0.205 e. The van der Waals surface area contributed by atoms with Gasteiger partial charge in [-0.05, 0) is 47.2 Å². The molecule has 0 bridgehead atoms. The number of rotatable bonds is 1. The molecule has 2 heterocycles. The van der Waals surface area contributed by atoms with Gasteiger partial charge in [-0.15, -0.1) is 11.3 Å². The van der Waals surface area contributed by atoms with E-state index in [1.165, 1.54) is 10.1 Å². The highest BCUT2D eigenvalue weighted by Crippen LogP contribution is 2.30. The molecule has 0 aliphatic rings. The highest BCUT2D eigenvalue weighted by Gasteiger charge is 2.12. The fraction of sp³-hybridized carbons (Fsp3) is 0. The van der Waals surface area contributed by atoms with Crippen molar-refractivity contribution in [3.8, 4) is 5.69 Å². The molecule has 0 saturated carbocycles. The molecule has 0 aliphatic carbocycles. The molecule has 0 spiro atoms. The first-order valence-corrected chi connectivity index (χ1v) is 7.40. The molecule has 20 heavy (non-hydrogen) atoms. The predicted octanol–water partition coefficient (Wildman–Crippen LogP) is 4.48. The van der Waals surface area contributed by atoms with Crippen LogP contribution in [-0.4, -0.2) is 9.55 Å². The number of imidazole rings is 1. The molecule has 0 aliphatic heterocycles. The Morgan fingerprint density at radius 3 is 2.95 bits per heavy atom. The number of halogens is 1. The van der Waals surface area contributed by atoms with Gasteiger partial charge in [0.2, 0.25) is 5.95 Å². The molecule has 2 aromatic heterocycles. The van der Waals surface area contributed by atoms with Crippen LogP contribution in [0.2, 0.25) is 5.02 Å². The molecule has 5 heteroatoms. The maximum Gasteiger partial charge on any atom is 0.205 e. The van der Waals surface area contributed by atoms with Gasteiger partial charge in [0.05, 0.1) is 10.5 Å². The zero-order chi connectivity index (χ0) is 13.7. The van der Waals surface area contributed by atoms with Crippen LogP contribution in [0.4, 0.5) is 5.95 Å². The number of para-hydroxylation sites is 1. The molecule has 2 aromatic carbocycles. The Morgan fingerprint density at radius 2 is 2.05 bits per heavy atom. The fourth-order valence-corrected chi connectivity index (χ4v) is 3.43. The monoisotopic (exact) mass is 299 g/mol. The number of fused-ring (bicyclic) bond motifs is 2. The van der Waals surface area contributed by atoms with E-state index in [2.05, 4.69) is 34.6 Å². The third-order valence-corrected chi connectivity index (χ3v) is 4.56. The third kappa shape index (κ3) is 1.62. The summed E-state index contributed by atoms with van der Waals surface area (Å²) in [5, 5.41) is 3.90. The molecular weight excluding hydrogens is 290 g/mol. The average Bonchev–Trinajstić information content (AvgIpc) is 3.02. The first-order chi connectivity index (χ1) is 9.74. The molecule has 0 atom stereocenters. The van der Waals surface area contributed by atoms with Crippen molar-refractivity contribution < 1.29 is 0 Å². The predicted molar refractivity (Wildman–Crippen MR) is 85.9 cm³/mol. The second-order valence-corrected chi connectivity index (χ2v) is 5.91. The van der Waals surface area contributed by atoms with Gasteiger partial charge in [-0.25, -0.2) is 4.98 Å². The first kappa shape index (κ1) is 11.8. The number of nitrogens with zero attached hydrogens (tertiary/aromatic N) is 2. The van der Waals surface area contributed by atoms with Gasteiger partial charge in [0.1, 0.15) is 5.52 Å². The van der Waals surface area contributed by atoms with Crippen molar-refractivity contribution in [3.05, 3.63) is 52.9 Å². The highest BCUT2D eigenvalue weighted by atomic mass is 35.5. The number of aromatic nitrogens is 2. The van der Waals surface area contributed by atoms with Crippen LogP contribution in [0.5, 0.6) is 0 Å². The van der Waals surface area contributed by atoms with Crippen LogP contribution in [0.25, 0.3) is 26.8 Å². The summed E-state index contributed by atoms with van der Waals surface area (Å²) in [5.41, 5.74) is 8.72. The summed E-state index contributed by atoms with van der Waals surface area (Å²) in [7, 11) is 0. The summed E-state index contributed by atoms with van der Waals surface area (Å²) in [5.74, 6) is 0.447. The molecule has 4 aromatic rings. The lowest BCUT2D eigenvalue weighted by atomic mass is 10.2. The van der Waals surface area contributed by atoms with Crippen LogP contribution in [0.1, 0.15) is 0 Å². The normalized spacial score (nSPS) is 11.4. The van der Waals surface area contributed by atoms with Crippen molar-refractivity contribution in [2.75, 3.05) is 5.73 Å². The zero-order valence-electron chi connectivity index (χ0n) is 10.4. The third-order valence-electron chi connectivity index (χ3n) is 3.36. The second-order valence-electron chi connectivity index (χ2n) is 4.56. The number of hydrogen-bond donors (Lipinski definition) is 1. The minimum absolute atomic E-state index is 0.447. The number of thiophene rings is 1. The highest BCUT2D eigenvalue weighted by molar-refractivity contribution is 7.17. The minimum Gasteiger partial charge on any atom is -0.369 e. The van der Waals surface area contributed by atoms with E-state index in [-0.39, 0.29) is 0 Å². The maximum absolute atomic E-state index is 6.18. The van der Waals surface area contributed by atoms with E-state index in [4.69, 9.17) is 17.3 Å². The topological polar surface area (TPSA) is 43.8 Å². The van der Waals surface area contributed by atoms with Crippen LogP contribution in [0, 0.1) is 0 Å². The minimum atomic E-state index is 0.447. The van der Waals surface area contributed by atoms with Crippen LogP contribution in [0.15, 0.2) is 47.8 Å². The van der Waals surface area contributed by atoms with Gasteiger partial charge in [-0.3, -0.25) is 4.57 Å². The summed E-state index contributed by atoms with van der Waals surface area (Å²) in [6.07, 6.45) is 0. The van der Waals surface area contributed by atoms with E-state index in [1.807, 2.05) is 22.8 Å². The van der Waals surface area contributed by atoms with Gasteiger partial charge in [0, 0.05) is 10.4 Å². The number of nitrogen functional groups attached to an aromatic ring is 1. The number of hydrogen-bond acceptors (Lipinski definition) is 3. The summed E-state index contributed by atoms with van der Waals surface area (Å²) in [6, 6.07) is 14.1. The molecule has 0 fully saturated rings. The van der Waals surface area contributed by atoms with Gasteiger partial charge in [-0.2, -0.15) is 0 Å². The molecule has 98 valence electrons. The Morgan fingerprint density at radius 1 is 1.15 bits per heavy atom. The Bertz CT molecular complexity index is 939. The first-order valence-electron chi connectivity index (χ1n) is 6.14. The number of anilines is 1. The van der Waals surface area contributed by atoms with E-state index in [9.17, 15) is 0 Å². The Labute approximate surface area is 124 Å². The molecule has 2 N–H and O–H groups in total. The SMILES string of the molecule is Nc1nc2c(Cl)cccc2n1-c1ccc2sccc2c1. The molecular formula is C15H10ClN3S. The number of benzene rings is 2. The van der Waals surface area contributed by atoms with E-state index < -0.39 is 0 Å². The lowest BCUT2D eigenvalue weighted by Crippen LogP contribution is -2.00. The van der Waals surface area contributed by atoms with Gasteiger partial charge >= 0.3 is 0 Å². The van der Waals surface area contributed by atoms with Crippen LogP contribution in [-0.2, 0) is 0 Å². The molecule has 0 amide bonds.